The van der Waals surface area contributed by atoms with Gasteiger partial charge in [-0.1, -0.05) is 6.07 Å². The Morgan fingerprint density at radius 2 is 2.22 bits per heavy atom. The highest BCUT2D eigenvalue weighted by molar-refractivity contribution is 5.97. The lowest BCUT2D eigenvalue weighted by Gasteiger charge is -2.57. The second-order valence-electron chi connectivity index (χ2n) is 6.19. The highest BCUT2D eigenvalue weighted by Crippen LogP contribution is 2.50. The first kappa shape index (κ1) is 16.2. The average molecular weight is 323 g/mol. The number of benzene rings is 1. The molecule has 3 rings (SSSR count). The molecule has 1 saturated heterocycles. The Morgan fingerprint density at radius 3 is 2.87 bits per heavy atom. The second kappa shape index (κ2) is 6.45. The first-order valence-corrected chi connectivity index (χ1v) is 8.06. The summed E-state index contributed by atoms with van der Waals surface area (Å²) >= 11 is 0. The standard InChI is InChI=1S/C17H22FNO4/c1-2-23-14-10-13(17(14)6-8-22-9-7-17)19-16(21)15-11(18)4-3-5-12(15)20/h3-5,13-14,20H,2,6-10H2,1H3,(H,19,21). The highest BCUT2D eigenvalue weighted by Gasteiger charge is 2.56. The van der Waals surface area contributed by atoms with E-state index in [4.69, 9.17) is 9.47 Å². The lowest BCUT2D eigenvalue weighted by Crippen LogP contribution is -2.66. The topological polar surface area (TPSA) is 67.8 Å². The Balaban J connectivity index is 1.76. The normalized spacial score (nSPS) is 25.8. The molecule has 1 heterocycles. The molecule has 0 aromatic heterocycles. The lowest BCUT2D eigenvalue weighted by molar-refractivity contribution is -0.170. The second-order valence-corrected chi connectivity index (χ2v) is 6.19. The van der Waals surface area contributed by atoms with Gasteiger partial charge in [0, 0.05) is 31.3 Å². The van der Waals surface area contributed by atoms with Crippen LogP contribution in [-0.2, 0) is 9.47 Å². The molecule has 2 fully saturated rings. The molecule has 2 N–H and O–H groups in total. The molecule has 6 heteroatoms. The van der Waals surface area contributed by atoms with Crippen molar-refractivity contribution in [3.05, 3.63) is 29.6 Å². The zero-order chi connectivity index (χ0) is 16.4. The Bertz CT molecular complexity index is 566. The Morgan fingerprint density at radius 1 is 1.48 bits per heavy atom. The van der Waals surface area contributed by atoms with Crippen molar-refractivity contribution in [2.24, 2.45) is 5.41 Å². The van der Waals surface area contributed by atoms with Crippen LogP contribution in [0.25, 0.3) is 0 Å². The molecular weight excluding hydrogens is 301 g/mol. The summed E-state index contributed by atoms with van der Waals surface area (Å²) in [6.45, 7) is 3.86. The van der Waals surface area contributed by atoms with Crippen molar-refractivity contribution in [1.29, 1.82) is 0 Å². The van der Waals surface area contributed by atoms with Crippen LogP contribution in [0.4, 0.5) is 4.39 Å². The van der Waals surface area contributed by atoms with E-state index in [1.807, 2.05) is 6.92 Å². The fourth-order valence-corrected chi connectivity index (χ4v) is 3.78. The van der Waals surface area contributed by atoms with Crippen LogP contribution in [0.1, 0.15) is 36.5 Å². The molecule has 1 amide bonds. The van der Waals surface area contributed by atoms with Crippen LogP contribution >= 0.6 is 0 Å². The molecule has 23 heavy (non-hydrogen) atoms. The van der Waals surface area contributed by atoms with Crippen LogP contribution < -0.4 is 5.32 Å². The quantitative estimate of drug-likeness (QED) is 0.892. The van der Waals surface area contributed by atoms with Gasteiger partial charge in [-0.25, -0.2) is 4.39 Å². The van der Waals surface area contributed by atoms with E-state index < -0.39 is 11.7 Å². The number of phenolic OH excluding ortho intramolecular Hbond substituents is 1. The van der Waals surface area contributed by atoms with Gasteiger partial charge in [0.1, 0.15) is 17.1 Å². The fraction of sp³-hybridized carbons (Fsp3) is 0.588. The van der Waals surface area contributed by atoms with Gasteiger partial charge < -0.3 is 19.9 Å². The number of ether oxygens (including phenoxy) is 2. The van der Waals surface area contributed by atoms with Crippen LogP contribution in [-0.4, -0.2) is 43.0 Å². The van der Waals surface area contributed by atoms with Gasteiger partial charge in [-0.3, -0.25) is 4.79 Å². The average Bonchev–Trinajstić information content (AvgIpc) is 2.54. The van der Waals surface area contributed by atoms with E-state index in [9.17, 15) is 14.3 Å². The summed E-state index contributed by atoms with van der Waals surface area (Å²) in [6.07, 6.45) is 2.42. The summed E-state index contributed by atoms with van der Waals surface area (Å²) in [4.78, 5) is 12.4. The summed E-state index contributed by atoms with van der Waals surface area (Å²) in [5, 5.41) is 12.6. The monoisotopic (exact) mass is 323 g/mol. The number of amides is 1. The summed E-state index contributed by atoms with van der Waals surface area (Å²) in [5.74, 6) is -1.64. The van der Waals surface area contributed by atoms with Crippen LogP contribution in [0, 0.1) is 11.2 Å². The van der Waals surface area contributed by atoms with Gasteiger partial charge in [-0.2, -0.15) is 0 Å². The summed E-state index contributed by atoms with van der Waals surface area (Å²) in [6, 6.07) is 3.76. The molecule has 1 spiro atoms. The molecule has 5 nitrogen and oxygen atoms in total. The molecule has 2 atom stereocenters. The number of carbonyl (C=O) groups excluding carboxylic acids is 1. The van der Waals surface area contributed by atoms with Crippen LogP contribution in [0.3, 0.4) is 0 Å². The van der Waals surface area contributed by atoms with Gasteiger partial charge in [-0.05, 0) is 38.3 Å². The number of carbonyl (C=O) groups is 1. The maximum Gasteiger partial charge on any atom is 0.258 e. The van der Waals surface area contributed by atoms with E-state index in [0.29, 0.717) is 26.2 Å². The molecule has 0 radical (unpaired) electrons. The van der Waals surface area contributed by atoms with Gasteiger partial charge in [-0.15, -0.1) is 0 Å². The SMILES string of the molecule is CCOC1CC(NC(=O)c2c(O)cccc2F)C12CCOCC2. The third-order valence-electron chi connectivity index (χ3n) is 5.10. The molecule has 2 aliphatic rings. The molecule has 1 aromatic carbocycles. The van der Waals surface area contributed by atoms with Gasteiger partial charge in [0.15, 0.2) is 0 Å². The number of hydrogen-bond donors (Lipinski definition) is 2. The highest BCUT2D eigenvalue weighted by atomic mass is 19.1. The van der Waals surface area contributed by atoms with Crippen LogP contribution in [0.2, 0.25) is 0 Å². The van der Waals surface area contributed by atoms with E-state index in [1.54, 1.807) is 0 Å². The number of halogens is 1. The summed E-state index contributed by atoms with van der Waals surface area (Å²) in [7, 11) is 0. The van der Waals surface area contributed by atoms with E-state index in [-0.39, 0.29) is 28.9 Å². The third-order valence-corrected chi connectivity index (χ3v) is 5.10. The Kier molecular flexibility index (Phi) is 4.55. The minimum absolute atomic E-state index is 0.0885. The van der Waals surface area contributed by atoms with E-state index in [2.05, 4.69) is 5.32 Å². The third kappa shape index (κ3) is 2.81. The first-order valence-electron chi connectivity index (χ1n) is 8.06. The Hall–Kier alpha value is -1.66. The number of rotatable bonds is 4. The number of nitrogens with one attached hydrogen (secondary N) is 1. The molecule has 1 aliphatic heterocycles. The number of aromatic hydroxyl groups is 1. The molecule has 1 saturated carbocycles. The molecule has 1 aromatic rings. The van der Waals surface area contributed by atoms with Crippen molar-refractivity contribution in [1.82, 2.24) is 5.32 Å². The Labute approximate surface area is 134 Å². The first-order chi connectivity index (χ1) is 11.1. The molecule has 126 valence electrons. The largest absolute Gasteiger partial charge is 0.507 e. The van der Waals surface area contributed by atoms with Crippen molar-refractivity contribution >= 4 is 5.91 Å². The summed E-state index contributed by atoms with van der Waals surface area (Å²) < 4.78 is 25.1. The number of hydrogen-bond acceptors (Lipinski definition) is 4. The van der Waals surface area contributed by atoms with Crippen molar-refractivity contribution in [3.8, 4) is 5.75 Å². The molecular formula is C17H22FNO4. The van der Waals surface area contributed by atoms with Crippen LogP contribution in [0.15, 0.2) is 18.2 Å². The molecule has 0 bridgehead atoms. The molecule has 2 unspecified atom stereocenters. The van der Waals surface area contributed by atoms with Crippen molar-refractivity contribution < 1.29 is 23.8 Å². The zero-order valence-corrected chi connectivity index (χ0v) is 13.2. The van der Waals surface area contributed by atoms with Gasteiger partial charge >= 0.3 is 0 Å². The smallest absolute Gasteiger partial charge is 0.258 e. The minimum atomic E-state index is -0.718. The van der Waals surface area contributed by atoms with Gasteiger partial charge in [0.05, 0.1) is 6.10 Å². The van der Waals surface area contributed by atoms with E-state index in [1.165, 1.54) is 18.2 Å². The van der Waals surface area contributed by atoms with Gasteiger partial charge in [0.25, 0.3) is 5.91 Å². The van der Waals surface area contributed by atoms with Crippen molar-refractivity contribution in [3.63, 3.8) is 0 Å². The fourth-order valence-electron chi connectivity index (χ4n) is 3.78. The predicted molar refractivity (Wildman–Crippen MR) is 81.8 cm³/mol. The number of phenols is 1. The van der Waals surface area contributed by atoms with Crippen molar-refractivity contribution in [2.45, 2.75) is 38.3 Å². The van der Waals surface area contributed by atoms with E-state index in [0.717, 1.165) is 12.8 Å². The maximum absolute atomic E-state index is 13.8. The zero-order valence-electron chi connectivity index (χ0n) is 13.2. The minimum Gasteiger partial charge on any atom is -0.507 e. The van der Waals surface area contributed by atoms with Crippen LogP contribution in [0.5, 0.6) is 5.75 Å². The lowest BCUT2D eigenvalue weighted by atomic mass is 9.57. The summed E-state index contributed by atoms with van der Waals surface area (Å²) in [5.41, 5.74) is -0.445. The van der Waals surface area contributed by atoms with Gasteiger partial charge in [0.2, 0.25) is 0 Å². The van der Waals surface area contributed by atoms with Crippen molar-refractivity contribution in [2.75, 3.05) is 19.8 Å². The van der Waals surface area contributed by atoms with E-state index >= 15 is 0 Å². The molecule has 1 aliphatic carbocycles. The predicted octanol–water partition coefficient (Wildman–Crippen LogP) is 2.24. The maximum atomic E-state index is 13.8.